The first-order chi connectivity index (χ1) is 13.7. The normalized spacial score (nSPS) is 12.6. The predicted molar refractivity (Wildman–Crippen MR) is 127 cm³/mol. The summed E-state index contributed by atoms with van der Waals surface area (Å²) in [5.74, 6) is 0. The van der Waals surface area contributed by atoms with Crippen LogP contribution in [0.1, 0.15) is 0 Å². The van der Waals surface area contributed by atoms with Gasteiger partial charge in [0.15, 0.2) is 0 Å². The smallest absolute Gasteiger partial charge is 0.140 e. The standard InChI is InChI=1S/C24H16B2N2/c25-12-7-8-13-14-9-10-16(26)21-15-3-1-4-17-22(15)23-18(27-17)5-2-6-19(23)28(24(14)21)20(13)11-12/h1-11,27H,25-26H2. The number of aromatic nitrogens is 2. The Morgan fingerprint density at radius 1 is 0.643 bits per heavy atom. The van der Waals surface area contributed by atoms with Gasteiger partial charge in [-0.05, 0) is 29.7 Å². The van der Waals surface area contributed by atoms with E-state index in [1.807, 2.05) is 0 Å². The van der Waals surface area contributed by atoms with E-state index in [0.717, 1.165) is 0 Å². The fraction of sp³-hybridized carbons (Fsp3) is 0. The quantitative estimate of drug-likeness (QED) is 0.404. The Labute approximate surface area is 162 Å². The van der Waals surface area contributed by atoms with Crippen molar-refractivity contribution in [1.29, 1.82) is 0 Å². The molecule has 2 nitrogen and oxygen atoms in total. The first-order valence-electron chi connectivity index (χ1n) is 9.81. The third kappa shape index (κ3) is 1.55. The van der Waals surface area contributed by atoms with Crippen LogP contribution in [0.3, 0.4) is 0 Å². The molecule has 0 amide bonds. The summed E-state index contributed by atoms with van der Waals surface area (Å²) in [6.45, 7) is 0. The third-order valence-corrected chi connectivity index (χ3v) is 6.43. The van der Waals surface area contributed by atoms with Crippen LogP contribution in [0.25, 0.3) is 59.9 Å². The lowest BCUT2D eigenvalue weighted by molar-refractivity contribution is 1.36. The van der Waals surface area contributed by atoms with Crippen molar-refractivity contribution in [3.8, 4) is 0 Å². The highest BCUT2D eigenvalue weighted by Crippen LogP contribution is 2.40. The number of rotatable bonds is 0. The second-order valence-corrected chi connectivity index (χ2v) is 8.06. The minimum atomic E-state index is 1.20. The molecule has 4 aromatic carbocycles. The van der Waals surface area contributed by atoms with E-state index < -0.39 is 0 Å². The van der Waals surface area contributed by atoms with E-state index in [1.54, 1.807) is 0 Å². The van der Waals surface area contributed by atoms with Crippen molar-refractivity contribution in [2.75, 3.05) is 0 Å². The molecule has 7 aromatic rings. The van der Waals surface area contributed by atoms with Crippen LogP contribution in [0.2, 0.25) is 0 Å². The molecule has 28 heavy (non-hydrogen) atoms. The van der Waals surface area contributed by atoms with Crippen molar-refractivity contribution in [2.45, 2.75) is 0 Å². The van der Waals surface area contributed by atoms with Gasteiger partial charge in [-0.3, -0.25) is 0 Å². The SMILES string of the molecule is Bc1ccc2c3ccc(B)c4c5cccc6[nH]c7cccc(c7c65)n(c2c1)c34. The molecule has 0 spiro atoms. The summed E-state index contributed by atoms with van der Waals surface area (Å²) in [6.07, 6.45) is 0. The van der Waals surface area contributed by atoms with Crippen LogP contribution in [0, 0.1) is 0 Å². The zero-order chi connectivity index (χ0) is 18.6. The molecule has 7 rings (SSSR count). The molecule has 0 fully saturated rings. The molecule has 0 aliphatic heterocycles. The first-order valence-corrected chi connectivity index (χ1v) is 9.81. The summed E-state index contributed by atoms with van der Waals surface area (Å²) in [5.41, 5.74) is 8.91. The number of hydrogen-bond acceptors (Lipinski definition) is 0. The lowest BCUT2D eigenvalue weighted by atomic mass is 9.88. The Kier molecular flexibility index (Phi) is 2.46. The van der Waals surface area contributed by atoms with Gasteiger partial charge in [0.1, 0.15) is 15.7 Å². The second-order valence-electron chi connectivity index (χ2n) is 8.06. The van der Waals surface area contributed by atoms with E-state index in [2.05, 4.69) is 91.8 Å². The van der Waals surface area contributed by atoms with Crippen LogP contribution in [-0.2, 0) is 0 Å². The zero-order valence-electron chi connectivity index (χ0n) is 15.8. The zero-order valence-corrected chi connectivity index (χ0v) is 15.8. The predicted octanol–water partition coefficient (Wildman–Crippen LogP) is 2.99. The Bertz CT molecular complexity index is 1740. The van der Waals surface area contributed by atoms with Crippen LogP contribution < -0.4 is 10.9 Å². The van der Waals surface area contributed by atoms with Crippen LogP contribution in [0.5, 0.6) is 0 Å². The van der Waals surface area contributed by atoms with Crippen molar-refractivity contribution in [1.82, 2.24) is 9.38 Å². The molecule has 0 aliphatic carbocycles. The van der Waals surface area contributed by atoms with Gasteiger partial charge in [-0.15, -0.1) is 0 Å². The molecule has 0 saturated heterocycles. The molecule has 0 atom stereocenters. The van der Waals surface area contributed by atoms with Gasteiger partial charge >= 0.3 is 0 Å². The Morgan fingerprint density at radius 2 is 1.43 bits per heavy atom. The van der Waals surface area contributed by atoms with E-state index >= 15 is 0 Å². The van der Waals surface area contributed by atoms with E-state index in [9.17, 15) is 0 Å². The summed E-state index contributed by atoms with van der Waals surface area (Å²) in [6, 6.07) is 24.7. The van der Waals surface area contributed by atoms with Gasteiger partial charge in [0, 0.05) is 38.0 Å². The van der Waals surface area contributed by atoms with Crippen molar-refractivity contribution < 1.29 is 0 Å². The van der Waals surface area contributed by atoms with Crippen molar-refractivity contribution >= 4 is 86.5 Å². The highest BCUT2D eigenvalue weighted by molar-refractivity contribution is 6.45. The number of benzene rings is 4. The first kappa shape index (κ1) is 14.6. The lowest BCUT2D eigenvalue weighted by Crippen LogP contribution is -2.03. The molecule has 3 heterocycles. The largest absolute Gasteiger partial charge is 0.354 e. The fourth-order valence-electron chi connectivity index (χ4n) is 5.28. The molecule has 0 saturated carbocycles. The summed E-state index contributed by atoms with van der Waals surface area (Å²) >= 11 is 0. The summed E-state index contributed by atoms with van der Waals surface area (Å²) in [7, 11) is 4.41. The van der Waals surface area contributed by atoms with E-state index in [0.29, 0.717) is 0 Å². The van der Waals surface area contributed by atoms with Gasteiger partial charge in [-0.1, -0.05) is 53.4 Å². The molecular weight excluding hydrogens is 338 g/mol. The third-order valence-electron chi connectivity index (χ3n) is 6.43. The highest BCUT2D eigenvalue weighted by atomic mass is 14.9. The Morgan fingerprint density at radius 3 is 2.32 bits per heavy atom. The van der Waals surface area contributed by atoms with E-state index in [4.69, 9.17) is 0 Å². The van der Waals surface area contributed by atoms with Crippen LogP contribution in [0.4, 0.5) is 0 Å². The Hall–Kier alpha value is -3.39. The van der Waals surface area contributed by atoms with E-state index in [-0.39, 0.29) is 0 Å². The average molecular weight is 354 g/mol. The highest BCUT2D eigenvalue weighted by Gasteiger charge is 2.19. The van der Waals surface area contributed by atoms with Gasteiger partial charge in [0.2, 0.25) is 0 Å². The van der Waals surface area contributed by atoms with Crippen LogP contribution in [-0.4, -0.2) is 25.1 Å². The van der Waals surface area contributed by atoms with Gasteiger partial charge in [0.25, 0.3) is 0 Å². The van der Waals surface area contributed by atoms with E-state index in [1.165, 1.54) is 70.8 Å². The molecule has 0 radical (unpaired) electrons. The average Bonchev–Trinajstić information content (AvgIpc) is 3.18. The molecular formula is C24H16B2N2. The summed E-state index contributed by atoms with van der Waals surface area (Å²) < 4.78 is 2.50. The molecule has 1 N–H and O–H groups in total. The minimum absolute atomic E-state index is 1.20. The number of fused-ring (bicyclic) bond motifs is 5. The maximum atomic E-state index is 3.65. The molecule has 0 bridgehead atoms. The minimum Gasteiger partial charge on any atom is -0.354 e. The maximum absolute atomic E-state index is 3.65. The summed E-state index contributed by atoms with van der Waals surface area (Å²) in [4.78, 5) is 3.65. The number of aromatic amines is 1. The Balaban J connectivity index is 2.05. The van der Waals surface area contributed by atoms with Crippen molar-refractivity contribution in [3.63, 3.8) is 0 Å². The maximum Gasteiger partial charge on any atom is 0.140 e. The monoisotopic (exact) mass is 354 g/mol. The van der Waals surface area contributed by atoms with Gasteiger partial charge in [-0.25, -0.2) is 0 Å². The molecule has 0 aliphatic rings. The number of nitrogens with one attached hydrogen (secondary N) is 1. The lowest BCUT2D eigenvalue weighted by Gasteiger charge is -2.04. The van der Waals surface area contributed by atoms with Gasteiger partial charge in [-0.2, -0.15) is 0 Å². The number of hydrogen-bond donors (Lipinski definition) is 1. The number of nitrogens with zero attached hydrogens (tertiary/aromatic N) is 1. The fourth-order valence-corrected chi connectivity index (χ4v) is 5.28. The topological polar surface area (TPSA) is 20.2 Å². The number of H-pyrrole nitrogens is 1. The van der Waals surface area contributed by atoms with Gasteiger partial charge < -0.3 is 9.38 Å². The van der Waals surface area contributed by atoms with Crippen molar-refractivity contribution in [3.05, 3.63) is 66.7 Å². The van der Waals surface area contributed by atoms with Crippen LogP contribution >= 0.6 is 0 Å². The van der Waals surface area contributed by atoms with Gasteiger partial charge in [0.05, 0.1) is 16.6 Å². The molecule has 128 valence electrons. The molecule has 0 unspecified atom stereocenters. The van der Waals surface area contributed by atoms with Crippen LogP contribution in [0.15, 0.2) is 66.7 Å². The summed E-state index contributed by atoms with van der Waals surface area (Å²) in [5, 5.41) is 8.01. The molecule has 4 heteroatoms. The molecule has 3 aromatic heterocycles. The van der Waals surface area contributed by atoms with Crippen molar-refractivity contribution in [2.24, 2.45) is 0 Å². The second kappa shape index (κ2) is 4.71.